The van der Waals surface area contributed by atoms with E-state index >= 15 is 0 Å². The zero-order chi connectivity index (χ0) is 21.4. The highest BCUT2D eigenvalue weighted by Crippen LogP contribution is 2.49. The van der Waals surface area contributed by atoms with E-state index in [4.69, 9.17) is 0 Å². The maximum Gasteiger partial charge on any atom is 0.255 e. The molecule has 0 bridgehead atoms. The number of carbonyl (C=O) groups is 2. The summed E-state index contributed by atoms with van der Waals surface area (Å²) in [6.45, 7) is 6.77. The molecule has 2 aromatic rings. The Bertz CT molecular complexity index is 943. The second kappa shape index (κ2) is 8.04. The SMILES string of the molecule is CCN1C(=O)[C@@H]2CN(Cc3cccnc3)C[C@@H]2C12CCN(C(=O)c1cccnc1)CC2. The van der Waals surface area contributed by atoms with E-state index in [-0.39, 0.29) is 17.4 Å². The van der Waals surface area contributed by atoms with Crippen molar-refractivity contribution in [3.63, 3.8) is 0 Å². The number of fused-ring (bicyclic) bond motifs is 2. The van der Waals surface area contributed by atoms with Crippen molar-refractivity contribution in [2.45, 2.75) is 31.8 Å². The maximum absolute atomic E-state index is 13.3. The molecular formula is C24H29N5O2. The van der Waals surface area contributed by atoms with Crippen molar-refractivity contribution in [1.29, 1.82) is 0 Å². The molecule has 0 unspecified atom stereocenters. The fourth-order valence-corrected chi connectivity index (χ4v) is 6.06. The first-order valence-corrected chi connectivity index (χ1v) is 11.2. The van der Waals surface area contributed by atoms with Crippen LogP contribution in [0.5, 0.6) is 0 Å². The molecule has 162 valence electrons. The van der Waals surface area contributed by atoms with Crippen LogP contribution in [-0.2, 0) is 11.3 Å². The first-order valence-electron chi connectivity index (χ1n) is 11.2. The van der Waals surface area contributed by atoms with Crippen LogP contribution in [0.2, 0.25) is 0 Å². The van der Waals surface area contributed by atoms with Crippen molar-refractivity contribution < 1.29 is 9.59 Å². The molecule has 3 aliphatic heterocycles. The predicted octanol–water partition coefficient (Wildman–Crippen LogP) is 2.06. The van der Waals surface area contributed by atoms with Gasteiger partial charge in [0.05, 0.1) is 17.0 Å². The zero-order valence-corrected chi connectivity index (χ0v) is 18.0. The standard InChI is InChI=1S/C24H29N5O2/c1-2-29-23(31)20-16-27(15-18-5-3-9-25-13-18)17-21(20)24(29)7-11-28(12-8-24)22(30)19-6-4-10-26-14-19/h3-6,9-10,13-14,20-21H,2,7-8,11-12,15-17H2,1H3/t20-,21+/m1/s1. The third kappa shape index (κ3) is 3.41. The number of aromatic nitrogens is 2. The summed E-state index contributed by atoms with van der Waals surface area (Å²) in [6, 6.07) is 7.68. The van der Waals surface area contributed by atoms with Gasteiger partial charge in [0.25, 0.3) is 5.91 Å². The molecule has 1 spiro atoms. The maximum atomic E-state index is 13.3. The van der Waals surface area contributed by atoms with Crippen molar-refractivity contribution in [1.82, 2.24) is 24.7 Å². The molecule has 2 aromatic heterocycles. The monoisotopic (exact) mass is 419 g/mol. The Kier molecular flexibility index (Phi) is 5.22. The molecule has 5 heterocycles. The van der Waals surface area contributed by atoms with E-state index < -0.39 is 0 Å². The highest BCUT2D eigenvalue weighted by atomic mass is 16.2. The van der Waals surface area contributed by atoms with Crippen LogP contribution < -0.4 is 0 Å². The summed E-state index contributed by atoms with van der Waals surface area (Å²) in [7, 11) is 0. The molecule has 7 nitrogen and oxygen atoms in total. The molecule has 2 amide bonds. The number of nitrogens with zero attached hydrogens (tertiary/aromatic N) is 5. The van der Waals surface area contributed by atoms with Gasteiger partial charge in [-0.2, -0.15) is 0 Å². The second-order valence-electron chi connectivity index (χ2n) is 8.99. The molecule has 3 saturated heterocycles. The molecule has 3 fully saturated rings. The van der Waals surface area contributed by atoms with E-state index in [1.807, 2.05) is 23.2 Å². The predicted molar refractivity (Wildman–Crippen MR) is 116 cm³/mol. The van der Waals surface area contributed by atoms with Gasteiger partial charge in [-0.1, -0.05) is 6.07 Å². The summed E-state index contributed by atoms with van der Waals surface area (Å²) in [5, 5.41) is 0. The third-order valence-corrected chi connectivity index (χ3v) is 7.48. The van der Waals surface area contributed by atoms with Crippen molar-refractivity contribution in [3.05, 3.63) is 60.2 Å². The molecular weight excluding hydrogens is 390 g/mol. The third-order valence-electron chi connectivity index (χ3n) is 7.48. The van der Waals surface area contributed by atoms with Crippen LogP contribution in [-0.4, -0.2) is 74.7 Å². The van der Waals surface area contributed by atoms with Crippen LogP contribution in [0, 0.1) is 11.8 Å². The minimum absolute atomic E-state index is 0.0384. The van der Waals surface area contributed by atoms with Crippen molar-refractivity contribution in [3.8, 4) is 0 Å². The van der Waals surface area contributed by atoms with Gasteiger partial charge in [0.1, 0.15) is 0 Å². The average molecular weight is 420 g/mol. The number of hydrogen-bond acceptors (Lipinski definition) is 5. The van der Waals surface area contributed by atoms with Crippen LogP contribution in [0.25, 0.3) is 0 Å². The number of pyridine rings is 2. The molecule has 0 saturated carbocycles. The van der Waals surface area contributed by atoms with Crippen molar-refractivity contribution >= 4 is 11.8 Å². The average Bonchev–Trinajstić information content (AvgIpc) is 3.32. The van der Waals surface area contributed by atoms with Gasteiger partial charge in [0, 0.05) is 70.0 Å². The molecule has 0 radical (unpaired) electrons. The van der Waals surface area contributed by atoms with Crippen LogP contribution in [0.15, 0.2) is 49.1 Å². The number of carbonyl (C=O) groups excluding carboxylic acids is 2. The van der Waals surface area contributed by atoms with E-state index in [1.54, 1.807) is 24.7 Å². The smallest absolute Gasteiger partial charge is 0.255 e. The topological polar surface area (TPSA) is 69.6 Å². The largest absolute Gasteiger partial charge is 0.338 e. The van der Waals surface area contributed by atoms with Gasteiger partial charge in [-0.05, 0) is 43.5 Å². The Balaban J connectivity index is 1.32. The van der Waals surface area contributed by atoms with E-state index in [9.17, 15) is 9.59 Å². The van der Waals surface area contributed by atoms with Gasteiger partial charge >= 0.3 is 0 Å². The number of likely N-dealkylation sites (tertiary alicyclic amines) is 3. The Morgan fingerprint density at radius 3 is 2.48 bits per heavy atom. The van der Waals surface area contributed by atoms with Crippen LogP contribution in [0.4, 0.5) is 0 Å². The fraction of sp³-hybridized carbons (Fsp3) is 0.500. The Hall–Kier alpha value is -2.80. The minimum atomic E-state index is -0.133. The van der Waals surface area contributed by atoms with E-state index in [0.717, 1.165) is 39.0 Å². The number of rotatable bonds is 4. The molecule has 3 aliphatic rings. The van der Waals surface area contributed by atoms with Crippen LogP contribution in [0.1, 0.15) is 35.7 Å². The summed E-state index contributed by atoms with van der Waals surface area (Å²) in [5.74, 6) is 0.731. The van der Waals surface area contributed by atoms with E-state index in [0.29, 0.717) is 30.5 Å². The summed E-state index contributed by atoms with van der Waals surface area (Å²) in [4.78, 5) is 41.0. The summed E-state index contributed by atoms with van der Waals surface area (Å²) < 4.78 is 0. The lowest BCUT2D eigenvalue weighted by atomic mass is 9.74. The Labute approximate surface area is 183 Å². The summed E-state index contributed by atoms with van der Waals surface area (Å²) >= 11 is 0. The summed E-state index contributed by atoms with van der Waals surface area (Å²) in [5.41, 5.74) is 1.69. The van der Waals surface area contributed by atoms with Gasteiger partial charge in [0.2, 0.25) is 5.91 Å². The normalized spacial score (nSPS) is 25.3. The van der Waals surface area contributed by atoms with E-state index in [2.05, 4.69) is 32.8 Å². The zero-order valence-electron chi connectivity index (χ0n) is 18.0. The quantitative estimate of drug-likeness (QED) is 0.759. The lowest BCUT2D eigenvalue weighted by Crippen LogP contribution is -2.57. The molecule has 2 atom stereocenters. The number of piperidine rings is 1. The molecule has 7 heteroatoms. The van der Waals surface area contributed by atoms with Gasteiger partial charge < -0.3 is 9.80 Å². The van der Waals surface area contributed by atoms with Gasteiger partial charge in [-0.15, -0.1) is 0 Å². The van der Waals surface area contributed by atoms with Crippen molar-refractivity contribution in [2.75, 3.05) is 32.7 Å². The molecule has 0 N–H and O–H groups in total. The Morgan fingerprint density at radius 2 is 1.84 bits per heavy atom. The van der Waals surface area contributed by atoms with Crippen LogP contribution >= 0.6 is 0 Å². The highest BCUT2D eigenvalue weighted by molar-refractivity contribution is 5.94. The van der Waals surface area contributed by atoms with Gasteiger partial charge in [0.15, 0.2) is 0 Å². The van der Waals surface area contributed by atoms with E-state index in [1.165, 1.54) is 5.56 Å². The minimum Gasteiger partial charge on any atom is -0.338 e. The molecule has 5 rings (SSSR count). The van der Waals surface area contributed by atoms with Gasteiger partial charge in [-0.25, -0.2) is 0 Å². The first-order chi connectivity index (χ1) is 15.1. The second-order valence-corrected chi connectivity index (χ2v) is 8.99. The molecule has 0 aromatic carbocycles. The number of amides is 2. The fourth-order valence-electron chi connectivity index (χ4n) is 6.06. The van der Waals surface area contributed by atoms with Crippen molar-refractivity contribution in [2.24, 2.45) is 11.8 Å². The lowest BCUT2D eigenvalue weighted by Gasteiger charge is -2.47. The van der Waals surface area contributed by atoms with Crippen LogP contribution in [0.3, 0.4) is 0 Å². The lowest BCUT2D eigenvalue weighted by molar-refractivity contribution is -0.135. The highest BCUT2D eigenvalue weighted by Gasteiger charge is 2.61. The summed E-state index contributed by atoms with van der Waals surface area (Å²) in [6.07, 6.45) is 8.71. The number of hydrogen-bond donors (Lipinski definition) is 0. The molecule has 31 heavy (non-hydrogen) atoms. The Morgan fingerprint density at radius 1 is 1.10 bits per heavy atom. The molecule has 0 aliphatic carbocycles. The van der Waals surface area contributed by atoms with Gasteiger partial charge in [-0.3, -0.25) is 24.5 Å². The first kappa shape index (κ1) is 20.1.